The standard InChI is InChI=1S/C29H23N3O3/c33-29-28(24-13-7-8-14-25(24)31-29)32-30-18-23-15-16-26(34-19-21-9-3-1-4-10-21)27(17-23)35-20-22-11-5-2-6-12-22/h1-18H,19-20H2,(H,31,32,33)/b30-18+. The van der Waals surface area contributed by atoms with Crippen molar-refractivity contribution in [3.8, 4) is 11.5 Å². The molecule has 172 valence electrons. The molecule has 1 heterocycles. The van der Waals surface area contributed by atoms with Gasteiger partial charge in [-0.05, 0) is 41.0 Å². The van der Waals surface area contributed by atoms with Crippen LogP contribution in [0.5, 0.6) is 11.5 Å². The molecule has 5 rings (SSSR count). The Morgan fingerprint density at radius 2 is 1.34 bits per heavy atom. The number of hydrogen-bond acceptors (Lipinski definition) is 5. The van der Waals surface area contributed by atoms with E-state index in [1.54, 1.807) is 6.21 Å². The van der Waals surface area contributed by atoms with Crippen molar-refractivity contribution in [3.05, 3.63) is 125 Å². The van der Waals surface area contributed by atoms with E-state index in [-0.39, 0.29) is 5.91 Å². The minimum absolute atomic E-state index is 0.264. The minimum atomic E-state index is -0.264. The average molecular weight is 462 g/mol. The van der Waals surface area contributed by atoms with E-state index in [0.29, 0.717) is 30.4 Å². The molecular weight excluding hydrogens is 438 g/mol. The lowest BCUT2D eigenvalue weighted by Gasteiger charge is -2.14. The average Bonchev–Trinajstić information content (AvgIpc) is 3.23. The van der Waals surface area contributed by atoms with Gasteiger partial charge >= 0.3 is 0 Å². The number of rotatable bonds is 8. The Hall–Kier alpha value is -4.71. The predicted molar refractivity (Wildman–Crippen MR) is 137 cm³/mol. The number of nitrogens with one attached hydrogen (secondary N) is 1. The van der Waals surface area contributed by atoms with Gasteiger partial charge in [0.2, 0.25) is 0 Å². The summed E-state index contributed by atoms with van der Waals surface area (Å²) in [6.45, 7) is 0.834. The highest BCUT2D eigenvalue weighted by atomic mass is 16.5. The van der Waals surface area contributed by atoms with Crippen molar-refractivity contribution < 1.29 is 14.3 Å². The maximum atomic E-state index is 12.2. The predicted octanol–water partition coefficient (Wildman–Crippen LogP) is 5.62. The summed E-state index contributed by atoms with van der Waals surface area (Å²) in [5.74, 6) is 0.975. The Balaban J connectivity index is 1.36. The second-order valence-electron chi connectivity index (χ2n) is 7.95. The topological polar surface area (TPSA) is 72.3 Å². The van der Waals surface area contributed by atoms with Crippen molar-refractivity contribution in [1.29, 1.82) is 0 Å². The van der Waals surface area contributed by atoms with E-state index in [4.69, 9.17) is 9.47 Å². The Morgan fingerprint density at radius 1 is 0.714 bits per heavy atom. The van der Waals surface area contributed by atoms with Gasteiger partial charge in [0.15, 0.2) is 17.2 Å². The third kappa shape index (κ3) is 5.45. The van der Waals surface area contributed by atoms with Crippen LogP contribution >= 0.6 is 0 Å². The highest BCUT2D eigenvalue weighted by Gasteiger charge is 2.25. The summed E-state index contributed by atoms with van der Waals surface area (Å²) in [4.78, 5) is 12.2. The number of benzene rings is 4. The van der Waals surface area contributed by atoms with Crippen molar-refractivity contribution in [1.82, 2.24) is 0 Å². The fourth-order valence-corrected chi connectivity index (χ4v) is 3.66. The fourth-order valence-electron chi connectivity index (χ4n) is 3.66. The van der Waals surface area contributed by atoms with E-state index in [9.17, 15) is 4.79 Å². The number of amides is 1. The summed E-state index contributed by atoms with van der Waals surface area (Å²) in [6, 6.07) is 32.9. The summed E-state index contributed by atoms with van der Waals surface area (Å²) in [7, 11) is 0. The van der Waals surface area contributed by atoms with Gasteiger partial charge in [0.1, 0.15) is 13.2 Å². The maximum Gasteiger partial charge on any atom is 0.276 e. The van der Waals surface area contributed by atoms with Crippen molar-refractivity contribution >= 4 is 23.5 Å². The van der Waals surface area contributed by atoms with Crippen molar-refractivity contribution in [2.24, 2.45) is 10.2 Å². The number of nitrogens with zero attached hydrogens (tertiary/aromatic N) is 2. The van der Waals surface area contributed by atoms with E-state index < -0.39 is 0 Å². The lowest BCUT2D eigenvalue weighted by molar-refractivity contribution is -0.110. The number of ether oxygens (including phenoxy) is 2. The van der Waals surface area contributed by atoms with Gasteiger partial charge in [0.05, 0.1) is 11.9 Å². The molecule has 0 fully saturated rings. The lowest BCUT2D eigenvalue weighted by atomic mass is 10.1. The molecule has 0 atom stereocenters. The van der Waals surface area contributed by atoms with E-state index in [1.165, 1.54) is 0 Å². The SMILES string of the molecule is O=C1Nc2ccccc2/C1=N/N=C/c1ccc(OCc2ccccc2)c(OCc2ccccc2)c1. The van der Waals surface area contributed by atoms with E-state index in [2.05, 4.69) is 15.5 Å². The molecule has 0 aliphatic carbocycles. The molecule has 4 aromatic rings. The van der Waals surface area contributed by atoms with Crippen LogP contribution < -0.4 is 14.8 Å². The Kier molecular flexibility index (Phi) is 6.62. The molecule has 0 radical (unpaired) electrons. The molecule has 0 unspecified atom stereocenters. The Labute approximate surface area is 203 Å². The van der Waals surface area contributed by atoms with Gasteiger partial charge in [-0.25, -0.2) is 0 Å². The van der Waals surface area contributed by atoms with Crippen LogP contribution in [0.1, 0.15) is 22.3 Å². The molecular formula is C29H23N3O3. The number of hydrogen-bond donors (Lipinski definition) is 1. The van der Waals surface area contributed by atoms with Crippen LogP contribution in [-0.2, 0) is 18.0 Å². The number of para-hydroxylation sites is 1. The molecule has 0 saturated carbocycles. The first kappa shape index (κ1) is 22.1. The van der Waals surface area contributed by atoms with Gasteiger partial charge in [0.25, 0.3) is 5.91 Å². The first-order chi connectivity index (χ1) is 17.3. The summed E-state index contributed by atoms with van der Waals surface area (Å²) in [5.41, 5.74) is 4.67. The first-order valence-electron chi connectivity index (χ1n) is 11.3. The first-order valence-corrected chi connectivity index (χ1v) is 11.3. The normalized spacial score (nSPS) is 13.6. The largest absolute Gasteiger partial charge is 0.485 e. The number of carbonyl (C=O) groups is 1. The highest BCUT2D eigenvalue weighted by molar-refractivity contribution is 6.53. The molecule has 0 aromatic heterocycles. The zero-order valence-electron chi connectivity index (χ0n) is 18.9. The van der Waals surface area contributed by atoms with Gasteiger partial charge in [0, 0.05) is 5.56 Å². The van der Waals surface area contributed by atoms with E-state index in [0.717, 1.165) is 27.9 Å². The molecule has 4 aromatic carbocycles. The zero-order chi connectivity index (χ0) is 23.9. The van der Waals surface area contributed by atoms with E-state index in [1.807, 2.05) is 103 Å². The van der Waals surface area contributed by atoms with Crippen LogP contribution in [0.25, 0.3) is 0 Å². The second-order valence-corrected chi connectivity index (χ2v) is 7.95. The second kappa shape index (κ2) is 10.5. The van der Waals surface area contributed by atoms with Crippen molar-refractivity contribution in [3.63, 3.8) is 0 Å². The number of carbonyl (C=O) groups excluding carboxylic acids is 1. The van der Waals surface area contributed by atoms with Crippen LogP contribution in [0.3, 0.4) is 0 Å². The van der Waals surface area contributed by atoms with Gasteiger partial charge < -0.3 is 14.8 Å². The van der Waals surface area contributed by atoms with Gasteiger partial charge in [-0.2, -0.15) is 5.10 Å². The molecule has 1 aliphatic heterocycles. The summed E-state index contributed by atoms with van der Waals surface area (Å²) in [6.07, 6.45) is 1.59. The van der Waals surface area contributed by atoms with Crippen LogP contribution in [0.4, 0.5) is 5.69 Å². The summed E-state index contributed by atoms with van der Waals surface area (Å²) >= 11 is 0. The monoisotopic (exact) mass is 461 g/mol. The maximum absolute atomic E-state index is 12.2. The zero-order valence-corrected chi connectivity index (χ0v) is 18.9. The Morgan fingerprint density at radius 3 is 2.06 bits per heavy atom. The summed E-state index contributed by atoms with van der Waals surface area (Å²) in [5, 5.41) is 11.1. The number of anilines is 1. The third-order valence-electron chi connectivity index (χ3n) is 5.45. The van der Waals surface area contributed by atoms with Gasteiger partial charge in [-0.1, -0.05) is 78.9 Å². The molecule has 1 aliphatic rings. The molecule has 1 N–H and O–H groups in total. The third-order valence-corrected chi connectivity index (χ3v) is 5.45. The van der Waals surface area contributed by atoms with Crippen LogP contribution in [-0.4, -0.2) is 17.8 Å². The smallest absolute Gasteiger partial charge is 0.276 e. The van der Waals surface area contributed by atoms with Crippen molar-refractivity contribution in [2.45, 2.75) is 13.2 Å². The van der Waals surface area contributed by atoms with Crippen molar-refractivity contribution in [2.75, 3.05) is 5.32 Å². The van der Waals surface area contributed by atoms with Crippen LogP contribution in [0, 0.1) is 0 Å². The molecule has 35 heavy (non-hydrogen) atoms. The minimum Gasteiger partial charge on any atom is -0.485 e. The highest BCUT2D eigenvalue weighted by Crippen LogP contribution is 2.30. The van der Waals surface area contributed by atoms with Crippen LogP contribution in [0.15, 0.2) is 113 Å². The lowest BCUT2D eigenvalue weighted by Crippen LogP contribution is -2.13. The molecule has 0 saturated heterocycles. The molecule has 0 bridgehead atoms. The molecule has 6 nitrogen and oxygen atoms in total. The molecule has 1 amide bonds. The molecule has 0 spiro atoms. The van der Waals surface area contributed by atoms with Crippen LogP contribution in [0.2, 0.25) is 0 Å². The van der Waals surface area contributed by atoms with Gasteiger partial charge in [-0.3, -0.25) is 4.79 Å². The summed E-state index contributed by atoms with van der Waals surface area (Å²) < 4.78 is 12.2. The quantitative estimate of drug-likeness (QED) is 0.273. The fraction of sp³-hybridized carbons (Fsp3) is 0.0690. The van der Waals surface area contributed by atoms with Gasteiger partial charge in [-0.15, -0.1) is 5.10 Å². The number of fused-ring (bicyclic) bond motifs is 1. The van der Waals surface area contributed by atoms with E-state index >= 15 is 0 Å². The Bertz CT molecular complexity index is 1380. The molecule has 6 heteroatoms.